The van der Waals surface area contributed by atoms with Crippen LogP contribution in [-0.2, 0) is 4.74 Å². The van der Waals surface area contributed by atoms with Crippen molar-refractivity contribution < 1.29 is 14.6 Å². The molecule has 2 aromatic rings. The van der Waals surface area contributed by atoms with Crippen LogP contribution < -0.4 is 21.9 Å². The van der Waals surface area contributed by atoms with Crippen molar-refractivity contribution in [2.24, 2.45) is 4.99 Å². The number of carbonyl (C=O) groups is 1. The molecule has 1 aromatic carbocycles. The molecule has 0 fully saturated rings. The highest BCUT2D eigenvalue weighted by molar-refractivity contribution is 5.97. The number of aromatic nitrogens is 2. The molecule has 0 unspecified atom stereocenters. The summed E-state index contributed by atoms with van der Waals surface area (Å²) >= 11 is 0. The van der Waals surface area contributed by atoms with E-state index in [1.54, 1.807) is 24.3 Å². The van der Waals surface area contributed by atoms with Crippen molar-refractivity contribution in [2.45, 2.75) is 0 Å². The molecular weight excluding hydrogens is 328 g/mol. The Balaban J connectivity index is 1.67. The second-order valence-electron chi connectivity index (χ2n) is 5.17. The second kappa shape index (κ2) is 7.01. The van der Waals surface area contributed by atoms with Crippen LogP contribution in [0.1, 0.15) is 10.4 Å². The van der Waals surface area contributed by atoms with Gasteiger partial charge in [-0.1, -0.05) is 0 Å². The van der Waals surface area contributed by atoms with E-state index in [0.29, 0.717) is 30.2 Å². The van der Waals surface area contributed by atoms with E-state index < -0.39 is 18.3 Å². The molecule has 10 heteroatoms. The number of nitrogens with one attached hydrogen (secondary N) is 3. The number of carbonyl (C=O) groups excluding carboxylic acids is 1. The zero-order valence-electron chi connectivity index (χ0n) is 13.1. The van der Waals surface area contributed by atoms with Crippen LogP contribution in [0.2, 0.25) is 0 Å². The molecular formula is C15H16N6O4. The quantitative estimate of drug-likeness (QED) is 0.377. The summed E-state index contributed by atoms with van der Waals surface area (Å²) in [5, 5.41) is 14.7. The molecule has 0 amide bonds. The molecule has 3 rings (SSSR count). The van der Waals surface area contributed by atoms with E-state index >= 15 is 0 Å². The van der Waals surface area contributed by atoms with E-state index in [-0.39, 0.29) is 11.6 Å². The van der Waals surface area contributed by atoms with Gasteiger partial charge in [-0.05, 0) is 24.3 Å². The summed E-state index contributed by atoms with van der Waals surface area (Å²) in [6.45, 7) is 0.167. The van der Waals surface area contributed by atoms with Crippen LogP contribution in [0.5, 0.6) is 0 Å². The molecule has 0 radical (unpaired) electrons. The highest BCUT2D eigenvalue weighted by Gasteiger charge is 2.16. The van der Waals surface area contributed by atoms with E-state index in [2.05, 4.69) is 30.3 Å². The van der Waals surface area contributed by atoms with E-state index in [1.807, 2.05) is 0 Å². The zero-order valence-corrected chi connectivity index (χ0v) is 13.1. The fourth-order valence-electron chi connectivity index (χ4n) is 2.27. The third-order valence-electron chi connectivity index (χ3n) is 3.46. The highest BCUT2D eigenvalue weighted by Crippen LogP contribution is 2.21. The maximum Gasteiger partial charge on any atom is 0.340 e. The fraction of sp³-hybridized carbons (Fsp3) is 0.200. The van der Waals surface area contributed by atoms with E-state index in [9.17, 15) is 9.59 Å². The Hall–Kier alpha value is -3.40. The van der Waals surface area contributed by atoms with Gasteiger partial charge in [-0.25, -0.2) is 9.79 Å². The number of aliphatic hydroxyl groups excluding tert-OH is 1. The van der Waals surface area contributed by atoms with Crippen LogP contribution in [0.25, 0.3) is 0 Å². The lowest BCUT2D eigenvalue weighted by Crippen LogP contribution is -2.28. The second-order valence-corrected chi connectivity index (χ2v) is 5.17. The van der Waals surface area contributed by atoms with Gasteiger partial charge in [0.15, 0.2) is 18.3 Å². The number of anilines is 3. The largest absolute Gasteiger partial charge is 0.435 e. The van der Waals surface area contributed by atoms with Gasteiger partial charge in [-0.2, -0.15) is 4.98 Å². The third kappa shape index (κ3) is 3.75. The summed E-state index contributed by atoms with van der Waals surface area (Å²) in [6.07, 6.45) is 0. The molecule has 1 aliphatic heterocycles. The monoisotopic (exact) mass is 344 g/mol. The molecule has 25 heavy (non-hydrogen) atoms. The molecule has 0 saturated heterocycles. The Labute approximate surface area is 141 Å². The number of H-pyrrole nitrogens is 1. The van der Waals surface area contributed by atoms with E-state index in [1.165, 1.54) is 0 Å². The average molecular weight is 344 g/mol. The van der Waals surface area contributed by atoms with Crippen molar-refractivity contribution in [2.75, 3.05) is 36.2 Å². The number of hydrogen-bond donors (Lipinski definition) is 5. The highest BCUT2D eigenvalue weighted by atomic mass is 16.6. The molecule has 0 atom stereocenters. The molecule has 0 saturated carbocycles. The van der Waals surface area contributed by atoms with Crippen LogP contribution in [0.4, 0.5) is 23.1 Å². The van der Waals surface area contributed by atoms with Gasteiger partial charge in [-0.15, -0.1) is 0 Å². The summed E-state index contributed by atoms with van der Waals surface area (Å²) in [5.41, 5.74) is 7.09. The Bertz CT molecular complexity index is 875. The van der Waals surface area contributed by atoms with Crippen LogP contribution in [0.3, 0.4) is 0 Å². The number of fused-ring (bicyclic) bond motifs is 1. The molecule has 0 aliphatic carbocycles. The van der Waals surface area contributed by atoms with Gasteiger partial charge in [-0.3, -0.25) is 9.78 Å². The number of nitrogens with zero attached hydrogens (tertiary/aromatic N) is 2. The van der Waals surface area contributed by atoms with Crippen molar-refractivity contribution in [1.82, 2.24) is 9.97 Å². The average Bonchev–Trinajstić information content (AvgIpc) is 2.61. The minimum absolute atomic E-state index is 0.0350. The Morgan fingerprint density at radius 1 is 1.36 bits per heavy atom. The summed E-state index contributed by atoms with van der Waals surface area (Å²) in [6, 6.07) is 6.56. The number of esters is 1. The summed E-state index contributed by atoms with van der Waals surface area (Å²) in [4.78, 5) is 34.0. The van der Waals surface area contributed by atoms with Gasteiger partial charge in [0.2, 0.25) is 5.95 Å². The van der Waals surface area contributed by atoms with Gasteiger partial charge in [0.05, 0.1) is 24.4 Å². The van der Waals surface area contributed by atoms with Gasteiger partial charge in [0, 0.05) is 5.69 Å². The van der Waals surface area contributed by atoms with Gasteiger partial charge >= 0.3 is 5.97 Å². The van der Waals surface area contributed by atoms with Crippen LogP contribution >= 0.6 is 0 Å². The van der Waals surface area contributed by atoms with E-state index in [4.69, 9.17) is 10.8 Å². The molecule has 10 nitrogen and oxygen atoms in total. The van der Waals surface area contributed by atoms with Gasteiger partial charge in [0.25, 0.3) is 5.56 Å². The summed E-state index contributed by atoms with van der Waals surface area (Å²) in [7, 11) is 0. The van der Waals surface area contributed by atoms with Crippen molar-refractivity contribution >= 4 is 34.8 Å². The maximum absolute atomic E-state index is 11.9. The van der Waals surface area contributed by atoms with Crippen molar-refractivity contribution in [1.29, 1.82) is 0 Å². The number of ether oxygens (including phenoxy) is 1. The van der Waals surface area contributed by atoms with Crippen molar-refractivity contribution in [3.05, 3.63) is 40.2 Å². The first kappa shape index (κ1) is 16.5. The van der Waals surface area contributed by atoms with Crippen LogP contribution in [0, 0.1) is 0 Å². The van der Waals surface area contributed by atoms with E-state index in [0.717, 1.165) is 5.69 Å². The first-order valence-corrected chi connectivity index (χ1v) is 7.39. The molecule has 130 valence electrons. The molecule has 1 aromatic heterocycles. The first-order valence-electron chi connectivity index (χ1n) is 7.39. The minimum atomic E-state index is -0.660. The number of nitrogen functional groups attached to an aromatic ring is 1. The number of nitrogens with two attached hydrogens (primary N) is 1. The number of aromatic amines is 1. The Kier molecular flexibility index (Phi) is 4.61. The third-order valence-corrected chi connectivity index (χ3v) is 3.46. The van der Waals surface area contributed by atoms with Gasteiger partial charge in [0.1, 0.15) is 0 Å². The molecule has 1 aliphatic rings. The fourth-order valence-corrected chi connectivity index (χ4v) is 2.27. The predicted molar refractivity (Wildman–Crippen MR) is 92.3 cm³/mol. The molecule has 0 spiro atoms. The molecule has 2 heterocycles. The normalized spacial score (nSPS) is 12.6. The molecule has 6 N–H and O–H groups in total. The number of hydrogen-bond acceptors (Lipinski definition) is 9. The topological polar surface area (TPSA) is 155 Å². The minimum Gasteiger partial charge on any atom is -0.435 e. The number of rotatable bonds is 5. The lowest BCUT2D eigenvalue weighted by molar-refractivity contribution is 0.00684. The maximum atomic E-state index is 11.9. The SMILES string of the molecule is Nc1nc2c(c(=O)[nH]1)N=C(CNc1ccc(C(=O)OCO)cc1)CN2. The lowest BCUT2D eigenvalue weighted by atomic mass is 10.2. The first-order chi connectivity index (χ1) is 12.1. The Morgan fingerprint density at radius 2 is 2.12 bits per heavy atom. The van der Waals surface area contributed by atoms with Crippen molar-refractivity contribution in [3.63, 3.8) is 0 Å². The number of aliphatic imine (C=N–C) groups is 1. The van der Waals surface area contributed by atoms with Crippen LogP contribution in [0.15, 0.2) is 34.1 Å². The number of aliphatic hydroxyl groups is 1. The summed E-state index contributed by atoms with van der Waals surface area (Å²) < 4.78 is 4.50. The van der Waals surface area contributed by atoms with Crippen LogP contribution in [-0.4, -0.2) is 46.6 Å². The zero-order chi connectivity index (χ0) is 17.8. The molecule has 0 bridgehead atoms. The van der Waals surface area contributed by atoms with Gasteiger partial charge < -0.3 is 26.2 Å². The summed E-state index contributed by atoms with van der Waals surface area (Å²) in [5.74, 6) is -0.206. The smallest absolute Gasteiger partial charge is 0.340 e. The standard InChI is InChI=1S/C15H16N6O4/c16-15-20-12-11(13(23)21-15)19-10(6-18-12)5-17-9-3-1-8(2-4-9)14(24)25-7-22/h1-4,17,22H,5-7H2,(H4,16,18,20,21,23). The van der Waals surface area contributed by atoms with Crippen molar-refractivity contribution in [3.8, 4) is 0 Å². The Morgan fingerprint density at radius 3 is 2.84 bits per heavy atom. The number of benzene rings is 1. The lowest BCUT2D eigenvalue weighted by Gasteiger charge is -2.17. The predicted octanol–water partition coefficient (Wildman–Crippen LogP) is 0.0688.